The van der Waals surface area contributed by atoms with Gasteiger partial charge in [0.1, 0.15) is 18.2 Å². The van der Waals surface area contributed by atoms with Gasteiger partial charge in [0.05, 0.1) is 6.61 Å². The fraction of sp³-hybridized carbons (Fsp3) is 0.600. The Labute approximate surface area is 211 Å². The van der Waals surface area contributed by atoms with Crippen molar-refractivity contribution in [2.24, 2.45) is 11.7 Å². The minimum absolute atomic E-state index is 0.0793. The summed E-state index contributed by atoms with van der Waals surface area (Å²) in [6.45, 7) is 10.3. The van der Waals surface area contributed by atoms with Crippen LogP contribution >= 0.6 is 0 Å². The first-order valence-corrected chi connectivity index (χ1v) is 12.0. The van der Waals surface area contributed by atoms with Gasteiger partial charge in [-0.2, -0.15) is 0 Å². The molecule has 5 atom stereocenters. The second kappa shape index (κ2) is 14.9. The second-order valence-corrected chi connectivity index (χ2v) is 8.49. The highest BCUT2D eigenvalue weighted by molar-refractivity contribution is 5.75. The van der Waals surface area contributed by atoms with E-state index < -0.39 is 54.3 Å². The van der Waals surface area contributed by atoms with Gasteiger partial charge >= 0.3 is 24.2 Å². The lowest BCUT2D eigenvalue weighted by Gasteiger charge is -2.28. The zero-order valence-corrected chi connectivity index (χ0v) is 21.6. The number of hydrogen-bond acceptors (Lipinski definition) is 10. The Kier molecular flexibility index (Phi) is 12.7. The molecule has 11 nitrogen and oxygen atoms in total. The maximum absolute atomic E-state index is 12.3. The lowest BCUT2D eigenvalue weighted by atomic mass is 9.82. The summed E-state index contributed by atoms with van der Waals surface area (Å²) >= 11 is 0. The molecular formula is C25H37NO10. The van der Waals surface area contributed by atoms with Gasteiger partial charge in [-0.05, 0) is 50.3 Å². The van der Waals surface area contributed by atoms with E-state index in [-0.39, 0.29) is 24.5 Å². The van der Waals surface area contributed by atoms with Crippen LogP contribution in [0.25, 0.3) is 0 Å². The first-order chi connectivity index (χ1) is 16.9. The molecule has 0 aromatic heterocycles. The topological polar surface area (TPSA) is 161 Å². The molecule has 0 bridgehead atoms. The van der Waals surface area contributed by atoms with Crippen LogP contribution in [0.15, 0.2) is 18.2 Å². The van der Waals surface area contributed by atoms with Gasteiger partial charge in [-0.1, -0.05) is 33.8 Å². The Hall–Kier alpha value is -3.34. The van der Waals surface area contributed by atoms with Crippen LogP contribution in [-0.4, -0.2) is 54.2 Å². The number of nitrogens with two attached hydrogens (primary N) is 1. The van der Waals surface area contributed by atoms with E-state index in [4.69, 9.17) is 29.4 Å². The molecule has 4 unspecified atom stereocenters. The first kappa shape index (κ1) is 30.7. The molecular weight excluding hydrogens is 474 g/mol. The molecule has 0 saturated carbocycles. The summed E-state index contributed by atoms with van der Waals surface area (Å²) in [5.74, 6) is -3.41. The maximum Gasteiger partial charge on any atom is 0.514 e. The van der Waals surface area contributed by atoms with Gasteiger partial charge in [0, 0.05) is 12.3 Å². The van der Waals surface area contributed by atoms with Crippen LogP contribution in [0.5, 0.6) is 11.5 Å². The first-order valence-electron chi connectivity index (χ1n) is 12.0. The predicted molar refractivity (Wildman–Crippen MR) is 129 cm³/mol. The van der Waals surface area contributed by atoms with Crippen LogP contribution in [0.4, 0.5) is 9.59 Å². The molecule has 11 heteroatoms. The van der Waals surface area contributed by atoms with Crippen molar-refractivity contribution in [3.8, 4) is 11.5 Å². The Bertz CT molecular complexity index is 903. The van der Waals surface area contributed by atoms with Crippen LogP contribution in [0.3, 0.4) is 0 Å². The molecule has 0 aliphatic heterocycles. The number of rotatable bonds is 13. The molecule has 1 rings (SSSR count). The minimum Gasteiger partial charge on any atom is -0.480 e. The number of carboxylic acids is 1. The number of benzene rings is 1. The van der Waals surface area contributed by atoms with Crippen molar-refractivity contribution in [2.75, 3.05) is 6.61 Å². The van der Waals surface area contributed by atoms with Gasteiger partial charge in [0.25, 0.3) is 0 Å². The van der Waals surface area contributed by atoms with Crippen molar-refractivity contribution in [3.05, 3.63) is 23.8 Å². The Morgan fingerprint density at radius 3 is 1.89 bits per heavy atom. The third-order valence-corrected chi connectivity index (χ3v) is 5.56. The van der Waals surface area contributed by atoms with E-state index in [1.165, 1.54) is 18.2 Å². The van der Waals surface area contributed by atoms with E-state index in [1.807, 2.05) is 13.8 Å². The van der Waals surface area contributed by atoms with Crippen molar-refractivity contribution in [3.63, 3.8) is 0 Å². The van der Waals surface area contributed by atoms with Gasteiger partial charge in [-0.25, -0.2) is 9.59 Å². The van der Waals surface area contributed by atoms with Crippen molar-refractivity contribution in [1.29, 1.82) is 0 Å². The highest BCUT2D eigenvalue weighted by Crippen LogP contribution is 2.36. The van der Waals surface area contributed by atoms with Crippen LogP contribution in [0.1, 0.15) is 72.3 Å². The normalized spacial score (nSPS) is 15.0. The van der Waals surface area contributed by atoms with E-state index in [9.17, 15) is 24.3 Å². The van der Waals surface area contributed by atoms with Crippen LogP contribution < -0.4 is 15.2 Å². The van der Waals surface area contributed by atoms with E-state index >= 15 is 0 Å². The Morgan fingerprint density at radius 2 is 1.42 bits per heavy atom. The summed E-state index contributed by atoms with van der Waals surface area (Å²) in [6, 6.07) is 2.80. The number of hydrogen-bond donors (Lipinski definition) is 2. The average molecular weight is 512 g/mol. The number of aliphatic carboxylic acids is 1. The van der Waals surface area contributed by atoms with Crippen LogP contribution in [0, 0.1) is 5.92 Å². The summed E-state index contributed by atoms with van der Waals surface area (Å²) in [6.07, 6.45) is -1.60. The standard InChI is InChI=1S/C25H37NO10/c1-7-15(5)33-24(30)35-18-11-10-17(12-19(18)36-25(31)34-16(6)8-2)21(22(26)23(28)29)14(4)13-32-20(27)9-3/h10-12,14-16,21-22H,7-9,13,26H2,1-6H3,(H,28,29)/t14?,15?,16?,21?,22-/m0/s1. The molecule has 202 valence electrons. The molecule has 1 aromatic carbocycles. The largest absolute Gasteiger partial charge is 0.514 e. The van der Waals surface area contributed by atoms with Gasteiger partial charge in [-0.3, -0.25) is 9.59 Å². The van der Waals surface area contributed by atoms with Gasteiger partial charge in [0.2, 0.25) is 0 Å². The van der Waals surface area contributed by atoms with Gasteiger partial charge < -0.3 is 34.5 Å². The lowest BCUT2D eigenvalue weighted by molar-refractivity contribution is -0.145. The van der Waals surface area contributed by atoms with E-state index in [1.54, 1.807) is 27.7 Å². The number of carboxylic acid groups (broad SMARTS) is 1. The SMILES string of the molecule is CCC(=O)OCC(C)C(c1ccc(OC(=O)OC(C)CC)c(OC(=O)OC(C)CC)c1)[C@H](N)C(=O)O. The minimum atomic E-state index is -1.37. The molecule has 0 heterocycles. The van der Waals surface area contributed by atoms with Crippen LogP contribution in [0.2, 0.25) is 0 Å². The van der Waals surface area contributed by atoms with E-state index in [0.29, 0.717) is 18.4 Å². The molecule has 0 aliphatic carbocycles. The summed E-state index contributed by atoms with van der Waals surface area (Å²) in [7, 11) is 0. The zero-order chi connectivity index (χ0) is 27.4. The zero-order valence-electron chi connectivity index (χ0n) is 21.6. The summed E-state index contributed by atoms with van der Waals surface area (Å²) in [5, 5.41) is 9.58. The Balaban J connectivity index is 3.38. The molecule has 1 aromatic rings. The number of esters is 1. The van der Waals surface area contributed by atoms with Crippen molar-refractivity contribution >= 4 is 24.2 Å². The smallest absolute Gasteiger partial charge is 0.480 e. The van der Waals surface area contributed by atoms with Gasteiger partial charge in [-0.15, -0.1) is 0 Å². The summed E-state index contributed by atoms with van der Waals surface area (Å²) in [4.78, 5) is 47.9. The third-order valence-electron chi connectivity index (χ3n) is 5.56. The maximum atomic E-state index is 12.3. The highest BCUT2D eigenvalue weighted by atomic mass is 16.7. The van der Waals surface area contributed by atoms with Crippen LogP contribution in [-0.2, 0) is 23.8 Å². The summed E-state index contributed by atoms with van der Waals surface area (Å²) < 4.78 is 26.0. The predicted octanol–water partition coefficient (Wildman–Crippen LogP) is 4.40. The molecule has 0 aliphatic rings. The second-order valence-electron chi connectivity index (χ2n) is 8.49. The van der Waals surface area contributed by atoms with Crippen molar-refractivity contribution < 1.29 is 48.0 Å². The molecule has 0 radical (unpaired) electrons. The van der Waals surface area contributed by atoms with Crippen molar-refractivity contribution in [1.82, 2.24) is 0 Å². The molecule has 0 spiro atoms. The van der Waals surface area contributed by atoms with E-state index in [0.717, 1.165) is 0 Å². The highest BCUT2D eigenvalue weighted by Gasteiger charge is 2.33. The average Bonchev–Trinajstić information content (AvgIpc) is 2.83. The molecule has 36 heavy (non-hydrogen) atoms. The quantitative estimate of drug-likeness (QED) is 0.219. The molecule has 0 fully saturated rings. The van der Waals surface area contributed by atoms with Crippen molar-refractivity contribution in [2.45, 2.75) is 85.0 Å². The lowest BCUT2D eigenvalue weighted by Crippen LogP contribution is -2.40. The molecule has 0 saturated heterocycles. The van der Waals surface area contributed by atoms with E-state index in [2.05, 4.69) is 0 Å². The Morgan fingerprint density at radius 1 is 0.889 bits per heavy atom. The number of carbonyl (C=O) groups is 4. The third kappa shape index (κ3) is 9.73. The molecule has 3 N–H and O–H groups in total. The fourth-order valence-corrected chi connectivity index (χ4v) is 3.09. The monoisotopic (exact) mass is 511 g/mol. The number of carbonyl (C=O) groups excluding carboxylic acids is 3. The fourth-order valence-electron chi connectivity index (χ4n) is 3.09. The summed E-state index contributed by atoms with van der Waals surface area (Å²) in [5.41, 5.74) is 6.34. The molecule has 0 amide bonds. The number of ether oxygens (including phenoxy) is 5. The van der Waals surface area contributed by atoms with Gasteiger partial charge in [0.15, 0.2) is 11.5 Å².